The number of carbonyl (C=O) groups is 6. The van der Waals surface area contributed by atoms with Crippen LogP contribution in [-0.4, -0.2) is 131 Å². The zero-order valence-electron chi connectivity index (χ0n) is 39.3. The van der Waals surface area contributed by atoms with Crippen LogP contribution in [0.1, 0.15) is 128 Å². The van der Waals surface area contributed by atoms with Gasteiger partial charge in [-0.3, -0.25) is 29.0 Å². The van der Waals surface area contributed by atoms with Gasteiger partial charge in [-0.25, -0.2) is 11.4 Å². The van der Waals surface area contributed by atoms with E-state index in [1.54, 1.807) is 13.8 Å². The van der Waals surface area contributed by atoms with E-state index in [4.69, 9.17) is 32.0 Å². The van der Waals surface area contributed by atoms with E-state index in [0.29, 0.717) is 64.5 Å². The van der Waals surface area contributed by atoms with Crippen molar-refractivity contribution in [2.45, 2.75) is 150 Å². The number of hydrogen-bond acceptors (Lipinski definition) is 14. The summed E-state index contributed by atoms with van der Waals surface area (Å²) in [6.45, 7) is 31.2. The smallest absolute Gasteiger partial charge is 0.329 e. The topological polar surface area (TPSA) is 232 Å². The van der Waals surface area contributed by atoms with Crippen LogP contribution < -0.4 is 11.1 Å². The molecule has 18 heteroatoms. The molecule has 352 valence electrons. The molecule has 5 unspecified atom stereocenters. The van der Waals surface area contributed by atoms with Gasteiger partial charge in [0.25, 0.3) is 0 Å². The second kappa shape index (κ2) is 29.9. The summed E-state index contributed by atoms with van der Waals surface area (Å²) in [7, 11) is 0. The summed E-state index contributed by atoms with van der Waals surface area (Å²) >= 11 is 2.75. The lowest BCUT2D eigenvalue weighted by Gasteiger charge is -2.23. The van der Waals surface area contributed by atoms with Crippen LogP contribution in [-0.2, 0) is 38.2 Å². The van der Waals surface area contributed by atoms with Gasteiger partial charge in [0, 0.05) is 65.0 Å². The Labute approximate surface area is 374 Å². The second-order valence-electron chi connectivity index (χ2n) is 19.1. The summed E-state index contributed by atoms with van der Waals surface area (Å²) in [4.78, 5) is 72.3. The minimum Gasteiger partial charge on any atom is -0.480 e. The molecule has 2 amide bonds. The summed E-state index contributed by atoms with van der Waals surface area (Å²) in [5.74, 6) is -1.93. The Morgan fingerprint density at radius 3 is 1.92 bits per heavy atom. The average Bonchev–Trinajstić information content (AvgIpc) is 3.63. The standard InChI is InChI=1S/C18H34N4O4S.C15H26N2O2S.C10H18O4/c1-13(11-14(27-5)16(24)19-7-9-23)17(25)26-10-6-8-22-12-15(20-21-22)18(2,3)4;1-14(2,3)9-11(18)7-8-15(4,17-5)10-12(20-6)13(16)19;1-10(2,3)6-8(11)4-5-14-7-9(12)13/h13-15,23H,6-12H2,1-5H3,(H,19,24);12H,7-10H2,1-4,6H3,(H2,16,19);4-7H2,1-3H3,(H,12,13). The summed E-state index contributed by atoms with van der Waals surface area (Å²) in [6, 6.07) is 0.195. The number of ether oxygens (including phenoxy) is 2. The lowest BCUT2D eigenvalue weighted by atomic mass is 9.85. The summed E-state index contributed by atoms with van der Waals surface area (Å²) in [5.41, 5.74) is 4.68. The number of aliphatic hydroxyl groups excluding tert-OH is 1. The molecular formula is C43H78N6O10S2. The van der Waals surface area contributed by atoms with E-state index in [9.17, 15) is 28.8 Å². The van der Waals surface area contributed by atoms with Gasteiger partial charge in [0.2, 0.25) is 17.4 Å². The SMILES string of the molecule is CC(C)(C)CC(=O)CCOCC(=O)O.CSC(CC(C)C(=O)OCCCN1CC(C(C)(C)C)N=N1)C(=O)NCCO.[C-]#[N+]C(C)(CCC(=O)CC(C)(C)C)CC(SC)C(N)=O. The molecule has 0 saturated carbocycles. The molecule has 1 heterocycles. The molecule has 0 aromatic rings. The van der Waals surface area contributed by atoms with Gasteiger partial charge in [0.05, 0.1) is 48.8 Å². The second-order valence-corrected chi connectivity index (χ2v) is 21.2. The van der Waals surface area contributed by atoms with Crippen molar-refractivity contribution in [1.29, 1.82) is 0 Å². The number of hydrogen-bond donors (Lipinski definition) is 4. The molecule has 1 aliphatic heterocycles. The molecule has 16 nitrogen and oxygen atoms in total. The molecule has 1 aliphatic rings. The zero-order valence-corrected chi connectivity index (χ0v) is 40.9. The Balaban J connectivity index is 0. The number of thioether (sulfide) groups is 2. The zero-order chi connectivity index (χ0) is 47.6. The van der Waals surface area contributed by atoms with E-state index in [1.165, 1.54) is 23.5 Å². The fraction of sp³-hybridized carbons (Fsp3) is 0.837. The van der Waals surface area contributed by atoms with Crippen molar-refractivity contribution in [2.24, 2.45) is 38.2 Å². The van der Waals surface area contributed by atoms with Gasteiger partial charge in [-0.05, 0) is 35.2 Å². The normalized spacial score (nSPS) is 16.3. The first kappa shape index (κ1) is 59.8. The van der Waals surface area contributed by atoms with Crippen LogP contribution in [0, 0.1) is 28.7 Å². The third-order valence-electron chi connectivity index (χ3n) is 9.11. The molecule has 61 heavy (non-hydrogen) atoms. The number of carbonyl (C=O) groups excluding carboxylic acids is 5. The maximum Gasteiger partial charge on any atom is 0.329 e. The number of primary amides is 1. The number of amides is 2. The number of carboxylic acids is 1. The number of esters is 1. The predicted molar refractivity (Wildman–Crippen MR) is 243 cm³/mol. The first-order valence-corrected chi connectivity index (χ1v) is 23.4. The van der Waals surface area contributed by atoms with Crippen LogP contribution in [0.3, 0.4) is 0 Å². The molecule has 5 atom stereocenters. The minimum absolute atomic E-state index is 0.0100. The van der Waals surface area contributed by atoms with Crippen molar-refractivity contribution in [3.8, 4) is 0 Å². The summed E-state index contributed by atoms with van der Waals surface area (Å²) in [5, 5.41) is 29.4. The number of carboxylic acid groups (broad SMARTS) is 1. The number of aliphatic hydroxyl groups is 1. The lowest BCUT2D eigenvalue weighted by Crippen LogP contribution is -2.36. The number of ketones is 2. The van der Waals surface area contributed by atoms with E-state index >= 15 is 0 Å². The highest BCUT2D eigenvalue weighted by Crippen LogP contribution is 2.30. The van der Waals surface area contributed by atoms with Crippen molar-refractivity contribution in [3.63, 3.8) is 0 Å². The van der Waals surface area contributed by atoms with Crippen molar-refractivity contribution in [3.05, 3.63) is 11.4 Å². The van der Waals surface area contributed by atoms with Gasteiger partial charge in [-0.15, -0.1) is 0 Å². The monoisotopic (exact) mass is 903 g/mol. The quantitative estimate of drug-likeness (QED) is 0.0441. The third kappa shape index (κ3) is 31.3. The molecule has 0 aliphatic carbocycles. The highest BCUT2D eigenvalue weighted by atomic mass is 32.2. The van der Waals surface area contributed by atoms with Crippen LogP contribution in [0.2, 0.25) is 0 Å². The number of nitrogens with two attached hydrogens (primary N) is 1. The van der Waals surface area contributed by atoms with Crippen LogP contribution in [0.4, 0.5) is 0 Å². The van der Waals surface area contributed by atoms with Crippen LogP contribution >= 0.6 is 23.5 Å². The molecule has 0 spiro atoms. The van der Waals surface area contributed by atoms with E-state index < -0.39 is 17.4 Å². The minimum atomic E-state index is -1.01. The van der Waals surface area contributed by atoms with Crippen molar-refractivity contribution in [1.82, 2.24) is 10.3 Å². The number of rotatable bonds is 25. The van der Waals surface area contributed by atoms with Gasteiger partial charge in [-0.2, -0.15) is 28.6 Å². The largest absolute Gasteiger partial charge is 0.480 e. The molecule has 1 rings (SSSR count). The third-order valence-corrected chi connectivity index (χ3v) is 11.1. The van der Waals surface area contributed by atoms with Gasteiger partial charge < -0.3 is 35.6 Å². The fourth-order valence-electron chi connectivity index (χ4n) is 5.59. The Morgan fingerprint density at radius 2 is 1.48 bits per heavy atom. The van der Waals surface area contributed by atoms with Gasteiger partial charge in [0.15, 0.2) is 0 Å². The Morgan fingerprint density at radius 1 is 0.918 bits per heavy atom. The van der Waals surface area contributed by atoms with E-state index in [0.717, 1.165) is 6.54 Å². The molecule has 0 bridgehead atoms. The molecule has 0 saturated heterocycles. The Hall–Kier alpha value is -3.27. The molecule has 0 aromatic carbocycles. The highest BCUT2D eigenvalue weighted by molar-refractivity contribution is 8.00. The maximum atomic E-state index is 12.2. The molecule has 5 N–H and O–H groups in total. The van der Waals surface area contributed by atoms with Gasteiger partial charge in [-0.1, -0.05) is 74.5 Å². The number of nitrogens with zero attached hydrogens (tertiary/aromatic N) is 4. The van der Waals surface area contributed by atoms with Gasteiger partial charge >= 0.3 is 11.9 Å². The number of Topliss-reactive ketones (excluding diaryl/α,β-unsaturated/α-hetero) is 2. The molecule has 0 fully saturated rings. The first-order chi connectivity index (χ1) is 28.0. The predicted octanol–water partition coefficient (Wildman–Crippen LogP) is 6.42. The van der Waals surface area contributed by atoms with E-state index in [1.807, 2.05) is 59.1 Å². The highest BCUT2D eigenvalue weighted by Gasteiger charge is 2.36. The summed E-state index contributed by atoms with van der Waals surface area (Å²) < 4.78 is 10.1. The molecular weight excluding hydrogens is 825 g/mol. The van der Waals surface area contributed by atoms with Crippen molar-refractivity contribution < 1.29 is 48.5 Å². The Bertz CT molecular complexity index is 1440. The Kier molecular flexibility index (Phi) is 29.3. The average molecular weight is 903 g/mol. The summed E-state index contributed by atoms with van der Waals surface area (Å²) in [6.07, 6.45) is 7.32. The van der Waals surface area contributed by atoms with Crippen molar-refractivity contribution in [2.75, 3.05) is 58.6 Å². The fourth-order valence-corrected chi connectivity index (χ4v) is 7.13. The molecule has 0 radical (unpaired) electrons. The van der Waals surface area contributed by atoms with Crippen LogP contribution in [0.5, 0.6) is 0 Å². The van der Waals surface area contributed by atoms with Crippen LogP contribution in [0.25, 0.3) is 4.85 Å². The maximum absolute atomic E-state index is 12.2. The number of aliphatic carboxylic acids is 1. The molecule has 0 aromatic heterocycles. The van der Waals surface area contributed by atoms with E-state index in [-0.39, 0.29) is 88.5 Å². The van der Waals surface area contributed by atoms with E-state index in [2.05, 4.69) is 41.3 Å². The van der Waals surface area contributed by atoms with Gasteiger partial charge in [0.1, 0.15) is 18.2 Å². The number of nitrogens with one attached hydrogen (secondary N) is 1. The lowest BCUT2D eigenvalue weighted by molar-refractivity contribution is -0.148. The van der Waals surface area contributed by atoms with Crippen molar-refractivity contribution >= 4 is 58.8 Å². The first-order valence-electron chi connectivity index (χ1n) is 20.8. The van der Waals surface area contributed by atoms with Crippen LogP contribution in [0.15, 0.2) is 10.3 Å².